The number of rotatable bonds is 79. The number of aliphatic hydroxyl groups excluding tert-OH is 1. The molecule has 100 heavy (non-hydrogen) atoms. The van der Waals surface area contributed by atoms with Gasteiger partial charge in [0.2, 0.25) is 0 Å². The van der Waals surface area contributed by atoms with Crippen LogP contribution < -0.4 is 0 Å². The van der Waals surface area contributed by atoms with E-state index in [1.165, 1.54) is 225 Å². The Hall–Kier alpha value is -1.94. The van der Waals surface area contributed by atoms with Crippen LogP contribution in [0.5, 0.6) is 0 Å². The monoisotopic (exact) mass is 1470 g/mol. The quantitative estimate of drug-likeness (QED) is 0.0222. The second-order valence-corrected chi connectivity index (χ2v) is 33.3. The summed E-state index contributed by atoms with van der Waals surface area (Å²) in [5, 5.41) is 10.6. The van der Waals surface area contributed by atoms with Crippen LogP contribution in [-0.2, 0) is 65.4 Å². The molecule has 0 aliphatic rings. The highest BCUT2D eigenvalue weighted by Gasteiger charge is 2.30. The zero-order valence-corrected chi connectivity index (χ0v) is 67.5. The number of aliphatic hydroxyl groups is 1. The van der Waals surface area contributed by atoms with Gasteiger partial charge in [0, 0.05) is 25.7 Å². The second-order valence-electron chi connectivity index (χ2n) is 30.4. The molecule has 6 atom stereocenters. The molecule has 17 nitrogen and oxygen atoms in total. The summed E-state index contributed by atoms with van der Waals surface area (Å²) in [7, 11) is -9.92. The van der Waals surface area contributed by atoms with Gasteiger partial charge in [0.25, 0.3) is 0 Å². The maximum absolute atomic E-state index is 13.1. The van der Waals surface area contributed by atoms with Crippen LogP contribution in [0.2, 0.25) is 0 Å². The lowest BCUT2D eigenvalue weighted by atomic mass is 10.00. The Labute approximate surface area is 613 Å². The van der Waals surface area contributed by atoms with Crippen LogP contribution in [0.15, 0.2) is 0 Å². The number of phosphoric acid groups is 2. The second kappa shape index (κ2) is 71.3. The fraction of sp³-hybridized carbons (Fsp3) is 0.951. The largest absolute Gasteiger partial charge is 0.472 e. The van der Waals surface area contributed by atoms with Gasteiger partial charge < -0.3 is 33.8 Å². The van der Waals surface area contributed by atoms with E-state index in [4.69, 9.17) is 37.0 Å². The van der Waals surface area contributed by atoms with Crippen molar-refractivity contribution in [2.45, 2.75) is 439 Å². The van der Waals surface area contributed by atoms with Crippen LogP contribution >= 0.6 is 15.6 Å². The van der Waals surface area contributed by atoms with Gasteiger partial charge in [-0.2, -0.15) is 0 Å². The molecule has 0 amide bonds. The van der Waals surface area contributed by atoms with Crippen LogP contribution in [0.4, 0.5) is 0 Å². The van der Waals surface area contributed by atoms with Gasteiger partial charge in [-0.15, -0.1) is 0 Å². The van der Waals surface area contributed by atoms with Crippen molar-refractivity contribution in [3.63, 3.8) is 0 Å². The van der Waals surface area contributed by atoms with Crippen LogP contribution in [0.1, 0.15) is 421 Å². The summed E-state index contributed by atoms with van der Waals surface area (Å²) < 4.78 is 68.7. The summed E-state index contributed by atoms with van der Waals surface area (Å²) in [6, 6.07) is 0. The number of hydrogen-bond acceptors (Lipinski definition) is 15. The molecule has 0 saturated heterocycles. The molecule has 0 aromatic heterocycles. The predicted molar refractivity (Wildman–Crippen MR) is 409 cm³/mol. The summed E-state index contributed by atoms with van der Waals surface area (Å²) in [6.07, 6.45) is 59.7. The molecular weight excluding hydrogens is 1310 g/mol. The first-order chi connectivity index (χ1) is 48.3. The molecule has 0 aromatic carbocycles. The molecule has 0 spiro atoms. The number of unbranched alkanes of at least 4 members (excludes halogenated alkanes) is 46. The van der Waals surface area contributed by atoms with Gasteiger partial charge >= 0.3 is 39.5 Å². The normalized spacial score (nSPS) is 14.2. The van der Waals surface area contributed by atoms with Gasteiger partial charge in [-0.1, -0.05) is 370 Å². The van der Waals surface area contributed by atoms with Crippen molar-refractivity contribution in [2.24, 2.45) is 17.8 Å². The van der Waals surface area contributed by atoms with Crippen molar-refractivity contribution in [3.05, 3.63) is 0 Å². The molecule has 3 N–H and O–H groups in total. The van der Waals surface area contributed by atoms with Crippen molar-refractivity contribution in [1.29, 1.82) is 0 Å². The minimum absolute atomic E-state index is 0.107. The van der Waals surface area contributed by atoms with Crippen LogP contribution in [0, 0.1) is 17.8 Å². The molecule has 0 heterocycles. The summed E-state index contributed by atoms with van der Waals surface area (Å²) >= 11 is 0. The van der Waals surface area contributed by atoms with Crippen LogP contribution in [0.25, 0.3) is 0 Å². The third-order valence-electron chi connectivity index (χ3n) is 19.2. The zero-order chi connectivity index (χ0) is 73.7. The zero-order valence-electron chi connectivity index (χ0n) is 65.7. The fourth-order valence-corrected chi connectivity index (χ4v) is 14.0. The van der Waals surface area contributed by atoms with Gasteiger partial charge in [-0.3, -0.25) is 37.3 Å². The number of carbonyl (C=O) groups is 4. The SMILES string of the molecule is CCCCCCCCCCCCCCCC(=O)O[C@H](COC(=O)CCCCCCCCC(C)CC)COP(=O)(O)OC[C@H](O)COP(=O)(O)OC[C@@H](COC(=O)CCCCCCCCCCCCCCCC(C)C)OC(=O)CCCCCCCCCCCCCCCCCCCCC(C)C. The molecule has 19 heteroatoms. The van der Waals surface area contributed by atoms with E-state index in [1.54, 1.807) is 0 Å². The van der Waals surface area contributed by atoms with E-state index in [2.05, 4.69) is 48.5 Å². The van der Waals surface area contributed by atoms with E-state index in [-0.39, 0.29) is 25.7 Å². The van der Waals surface area contributed by atoms with Crippen molar-refractivity contribution >= 4 is 39.5 Å². The molecule has 0 bridgehead atoms. The maximum Gasteiger partial charge on any atom is 0.472 e. The summed E-state index contributed by atoms with van der Waals surface area (Å²) in [5.74, 6) is 0.231. The van der Waals surface area contributed by atoms with E-state index in [1.807, 2.05) is 0 Å². The van der Waals surface area contributed by atoms with Crippen molar-refractivity contribution in [3.8, 4) is 0 Å². The van der Waals surface area contributed by atoms with E-state index in [0.29, 0.717) is 25.7 Å². The molecule has 0 aliphatic carbocycles. The molecule has 3 unspecified atom stereocenters. The van der Waals surface area contributed by atoms with Crippen molar-refractivity contribution in [1.82, 2.24) is 0 Å². The van der Waals surface area contributed by atoms with E-state index < -0.39 is 97.5 Å². The number of hydrogen-bond donors (Lipinski definition) is 3. The van der Waals surface area contributed by atoms with Crippen molar-refractivity contribution in [2.75, 3.05) is 39.6 Å². The van der Waals surface area contributed by atoms with Crippen molar-refractivity contribution < 1.29 is 80.2 Å². The predicted octanol–water partition coefficient (Wildman–Crippen LogP) is 24.1. The first-order valence-electron chi connectivity index (χ1n) is 41.9. The highest BCUT2D eigenvalue weighted by molar-refractivity contribution is 7.47. The summed E-state index contributed by atoms with van der Waals surface area (Å²) in [5.41, 5.74) is 0. The Morgan fingerprint density at radius 1 is 0.290 bits per heavy atom. The summed E-state index contributed by atoms with van der Waals surface area (Å²) in [6.45, 7) is 12.0. The Morgan fingerprint density at radius 3 is 0.760 bits per heavy atom. The summed E-state index contributed by atoms with van der Waals surface area (Å²) in [4.78, 5) is 73.0. The number of ether oxygens (including phenoxy) is 4. The number of esters is 4. The number of phosphoric ester groups is 2. The van der Waals surface area contributed by atoms with Gasteiger partial charge in [0.15, 0.2) is 12.2 Å². The lowest BCUT2D eigenvalue weighted by molar-refractivity contribution is -0.161. The highest BCUT2D eigenvalue weighted by atomic mass is 31.2. The molecule has 0 rings (SSSR count). The molecule has 0 aliphatic heterocycles. The fourth-order valence-electron chi connectivity index (χ4n) is 12.5. The van der Waals surface area contributed by atoms with Crippen LogP contribution in [0.3, 0.4) is 0 Å². The Kier molecular flexibility index (Phi) is 69.9. The minimum atomic E-state index is -4.96. The molecule has 594 valence electrons. The topological polar surface area (TPSA) is 237 Å². The molecule has 0 fully saturated rings. The Bertz CT molecular complexity index is 1940. The highest BCUT2D eigenvalue weighted by Crippen LogP contribution is 2.45. The third-order valence-corrected chi connectivity index (χ3v) is 21.1. The van der Waals surface area contributed by atoms with Gasteiger partial charge in [-0.25, -0.2) is 9.13 Å². The smallest absolute Gasteiger partial charge is 0.462 e. The van der Waals surface area contributed by atoms with E-state index in [0.717, 1.165) is 114 Å². The molecular formula is C81H158O17P2. The third kappa shape index (κ3) is 73.0. The molecule has 0 radical (unpaired) electrons. The maximum atomic E-state index is 13.1. The lowest BCUT2D eigenvalue weighted by Gasteiger charge is -2.21. The first kappa shape index (κ1) is 98.1. The minimum Gasteiger partial charge on any atom is -0.462 e. The van der Waals surface area contributed by atoms with Gasteiger partial charge in [0.05, 0.1) is 26.4 Å². The molecule has 0 saturated carbocycles. The molecule has 0 aromatic rings. The average molecular weight is 1470 g/mol. The Morgan fingerprint density at radius 2 is 0.510 bits per heavy atom. The van der Waals surface area contributed by atoms with E-state index in [9.17, 15) is 43.2 Å². The lowest BCUT2D eigenvalue weighted by Crippen LogP contribution is -2.30. The standard InChI is InChI=1S/C81H158O17P2/c1-8-10-11-12-13-14-15-23-31-36-41-50-57-64-81(86)98-77(69-92-79(84)63-56-49-44-43-47-54-61-74(7)9-2)71-96-100(89,90)94-67-75(82)66-93-99(87,88)95-70-76(68-91-78(83)62-55-48-40-35-30-27-22-25-29-34-39-46-53-60-73(5)6)97-80(85)65-58-51-42-37-32-26-21-19-17-16-18-20-24-28-33-38-45-52-59-72(3)4/h72-77,82H,8-71H2,1-7H3,(H,87,88)(H,89,90)/t74?,75-,76-,77-/m1/s1. The van der Waals surface area contributed by atoms with Crippen LogP contribution in [-0.4, -0.2) is 96.7 Å². The van der Waals surface area contributed by atoms with E-state index >= 15 is 0 Å². The first-order valence-corrected chi connectivity index (χ1v) is 44.9. The average Bonchev–Trinajstić information content (AvgIpc) is 0.939. The van der Waals surface area contributed by atoms with Gasteiger partial charge in [0.1, 0.15) is 19.3 Å². The Balaban J connectivity index is 5.23. The van der Waals surface area contributed by atoms with Gasteiger partial charge in [-0.05, 0) is 43.4 Å². The number of carbonyl (C=O) groups excluding carboxylic acids is 4.